The van der Waals surface area contributed by atoms with Gasteiger partial charge in [0.25, 0.3) is 5.91 Å². The summed E-state index contributed by atoms with van der Waals surface area (Å²) in [7, 11) is 0. The van der Waals surface area contributed by atoms with Crippen LogP contribution in [0, 0.1) is 0 Å². The first-order valence-electron chi connectivity index (χ1n) is 8.58. The molecule has 1 N–H and O–H groups in total. The van der Waals surface area contributed by atoms with E-state index in [1.807, 2.05) is 42.5 Å². The van der Waals surface area contributed by atoms with Gasteiger partial charge in [0.2, 0.25) is 0 Å². The van der Waals surface area contributed by atoms with Crippen LogP contribution in [0.15, 0.2) is 48.2 Å². The number of hydrogen-bond donors (Lipinski definition) is 1. The van der Waals surface area contributed by atoms with Crippen molar-refractivity contribution in [2.24, 2.45) is 0 Å². The summed E-state index contributed by atoms with van der Waals surface area (Å²) in [6.45, 7) is 0. The van der Waals surface area contributed by atoms with Crippen molar-refractivity contribution in [3.63, 3.8) is 0 Å². The minimum Gasteiger partial charge on any atom is -0.303 e. The molecule has 1 aliphatic heterocycles. The Labute approximate surface area is 141 Å². The molecule has 0 aromatic heterocycles. The molecule has 2 aliphatic rings. The number of benzene rings is 2. The molecule has 2 aromatic carbocycles. The molecule has 0 bridgehead atoms. The predicted molar refractivity (Wildman–Crippen MR) is 94.2 cm³/mol. The van der Waals surface area contributed by atoms with Crippen LogP contribution < -0.4 is 5.32 Å². The van der Waals surface area contributed by atoms with Crippen LogP contribution in [-0.2, 0) is 4.79 Å². The molecule has 1 saturated heterocycles. The summed E-state index contributed by atoms with van der Waals surface area (Å²) >= 11 is 0. The number of carbonyl (C=O) groups is 2. The monoisotopic (exact) mass is 320 g/mol. The zero-order chi connectivity index (χ0) is 16.5. The quantitative estimate of drug-likeness (QED) is 0.670. The highest BCUT2D eigenvalue weighted by molar-refractivity contribution is 6.14. The van der Waals surface area contributed by atoms with Gasteiger partial charge in [0.15, 0.2) is 0 Å². The third kappa shape index (κ3) is 2.58. The van der Waals surface area contributed by atoms with E-state index < -0.39 is 0 Å². The first-order valence-corrected chi connectivity index (χ1v) is 8.58. The summed E-state index contributed by atoms with van der Waals surface area (Å²) in [6.07, 6.45) is 7.00. The van der Waals surface area contributed by atoms with Crippen molar-refractivity contribution in [3.05, 3.63) is 53.7 Å². The number of carbonyl (C=O) groups excluding carboxylic acids is 2. The van der Waals surface area contributed by atoms with Crippen molar-refractivity contribution >= 4 is 28.8 Å². The first-order chi connectivity index (χ1) is 11.7. The van der Waals surface area contributed by atoms with Gasteiger partial charge in [0.1, 0.15) is 5.70 Å². The molecule has 3 amide bonds. The van der Waals surface area contributed by atoms with E-state index in [1.54, 1.807) is 6.08 Å². The average molecular weight is 320 g/mol. The third-order valence-electron chi connectivity index (χ3n) is 4.97. The van der Waals surface area contributed by atoms with Crippen molar-refractivity contribution in [2.75, 3.05) is 0 Å². The van der Waals surface area contributed by atoms with E-state index in [-0.39, 0.29) is 18.0 Å². The van der Waals surface area contributed by atoms with Crippen LogP contribution in [0.1, 0.15) is 37.7 Å². The molecule has 2 aromatic rings. The molecule has 2 fully saturated rings. The lowest BCUT2D eigenvalue weighted by Crippen LogP contribution is -2.41. The van der Waals surface area contributed by atoms with Crippen LogP contribution in [0.3, 0.4) is 0 Å². The number of nitrogens with zero attached hydrogens (tertiary/aromatic N) is 1. The van der Waals surface area contributed by atoms with Gasteiger partial charge in [-0.25, -0.2) is 4.79 Å². The molecule has 4 rings (SSSR count). The summed E-state index contributed by atoms with van der Waals surface area (Å²) in [4.78, 5) is 26.5. The Balaban J connectivity index is 1.67. The topological polar surface area (TPSA) is 49.4 Å². The number of hydrogen-bond acceptors (Lipinski definition) is 2. The molecule has 0 radical (unpaired) electrons. The summed E-state index contributed by atoms with van der Waals surface area (Å²) in [5.41, 5.74) is 1.32. The van der Waals surface area contributed by atoms with Crippen LogP contribution in [0.25, 0.3) is 16.8 Å². The van der Waals surface area contributed by atoms with E-state index in [9.17, 15) is 9.59 Å². The van der Waals surface area contributed by atoms with Gasteiger partial charge in [-0.15, -0.1) is 0 Å². The van der Waals surface area contributed by atoms with Crippen molar-refractivity contribution in [2.45, 2.75) is 38.1 Å². The molecule has 1 saturated carbocycles. The molecule has 4 heteroatoms. The fourth-order valence-corrected chi connectivity index (χ4v) is 3.75. The van der Waals surface area contributed by atoms with E-state index in [4.69, 9.17) is 0 Å². The van der Waals surface area contributed by atoms with E-state index in [2.05, 4.69) is 5.32 Å². The van der Waals surface area contributed by atoms with Crippen molar-refractivity contribution in [1.82, 2.24) is 10.2 Å². The number of imide groups is 1. The fraction of sp³-hybridized carbons (Fsp3) is 0.300. The van der Waals surface area contributed by atoms with Crippen molar-refractivity contribution < 1.29 is 9.59 Å². The van der Waals surface area contributed by atoms with Crippen LogP contribution in [0.2, 0.25) is 0 Å². The Bertz CT molecular complexity index is 829. The van der Waals surface area contributed by atoms with E-state index in [0.29, 0.717) is 5.70 Å². The average Bonchev–Trinajstić information content (AvgIpc) is 2.90. The molecular formula is C20H20N2O2. The third-order valence-corrected chi connectivity index (χ3v) is 4.97. The van der Waals surface area contributed by atoms with Gasteiger partial charge in [-0.3, -0.25) is 9.69 Å². The summed E-state index contributed by atoms with van der Waals surface area (Å²) in [5.74, 6) is -0.195. The summed E-state index contributed by atoms with van der Waals surface area (Å²) < 4.78 is 0. The first kappa shape index (κ1) is 14.9. The maximum absolute atomic E-state index is 12.7. The predicted octanol–water partition coefficient (Wildman–Crippen LogP) is 4.07. The van der Waals surface area contributed by atoms with Gasteiger partial charge in [-0.05, 0) is 35.3 Å². The number of rotatable bonds is 2. The maximum Gasteiger partial charge on any atom is 0.329 e. The maximum atomic E-state index is 12.7. The second-order valence-corrected chi connectivity index (χ2v) is 6.52. The van der Waals surface area contributed by atoms with Gasteiger partial charge in [-0.1, -0.05) is 61.7 Å². The van der Waals surface area contributed by atoms with Gasteiger partial charge in [0.05, 0.1) is 0 Å². The highest BCUT2D eigenvalue weighted by atomic mass is 16.2. The van der Waals surface area contributed by atoms with Gasteiger partial charge >= 0.3 is 6.03 Å². The SMILES string of the molecule is O=C1N/C(=C\c2cccc3ccccc23)C(=O)N1C1CCCCC1. The summed E-state index contributed by atoms with van der Waals surface area (Å²) in [5, 5.41) is 4.96. The zero-order valence-corrected chi connectivity index (χ0v) is 13.5. The Morgan fingerprint density at radius 1 is 0.958 bits per heavy atom. The number of nitrogens with one attached hydrogen (secondary N) is 1. The largest absolute Gasteiger partial charge is 0.329 e. The molecule has 0 atom stereocenters. The lowest BCUT2D eigenvalue weighted by molar-refractivity contribution is -0.124. The van der Waals surface area contributed by atoms with E-state index in [1.165, 1.54) is 11.3 Å². The second kappa shape index (κ2) is 6.11. The highest BCUT2D eigenvalue weighted by Crippen LogP contribution is 2.27. The molecule has 1 aliphatic carbocycles. The second-order valence-electron chi connectivity index (χ2n) is 6.52. The van der Waals surface area contributed by atoms with E-state index in [0.717, 1.165) is 42.0 Å². The van der Waals surface area contributed by atoms with Crippen LogP contribution in [0.4, 0.5) is 4.79 Å². The minimum absolute atomic E-state index is 0.0460. The zero-order valence-electron chi connectivity index (χ0n) is 13.5. The van der Waals surface area contributed by atoms with Crippen LogP contribution in [-0.4, -0.2) is 22.9 Å². The molecule has 24 heavy (non-hydrogen) atoms. The minimum atomic E-state index is -0.279. The summed E-state index contributed by atoms with van der Waals surface area (Å²) in [6, 6.07) is 13.8. The number of urea groups is 1. The van der Waals surface area contributed by atoms with Crippen LogP contribution >= 0.6 is 0 Å². The molecule has 0 spiro atoms. The van der Waals surface area contributed by atoms with Gasteiger partial charge in [-0.2, -0.15) is 0 Å². The molecular weight excluding hydrogens is 300 g/mol. The molecule has 1 heterocycles. The Kier molecular flexibility index (Phi) is 3.81. The van der Waals surface area contributed by atoms with Gasteiger partial charge < -0.3 is 5.32 Å². The molecule has 4 nitrogen and oxygen atoms in total. The molecule has 122 valence electrons. The Morgan fingerprint density at radius 3 is 2.54 bits per heavy atom. The lowest BCUT2D eigenvalue weighted by atomic mass is 9.94. The number of fused-ring (bicyclic) bond motifs is 1. The normalized spacial score (nSPS) is 20.8. The number of amides is 3. The molecule has 0 unspecified atom stereocenters. The standard InChI is InChI=1S/C20H20N2O2/c23-19-18(21-20(24)22(19)16-10-2-1-3-11-16)13-15-9-6-8-14-7-4-5-12-17(14)15/h4-9,12-13,16H,1-3,10-11H2,(H,21,24)/b18-13-. The Hall–Kier alpha value is -2.62. The fourth-order valence-electron chi connectivity index (χ4n) is 3.75. The van der Waals surface area contributed by atoms with Crippen molar-refractivity contribution in [1.29, 1.82) is 0 Å². The smallest absolute Gasteiger partial charge is 0.303 e. The Morgan fingerprint density at radius 2 is 1.71 bits per heavy atom. The van der Waals surface area contributed by atoms with Crippen molar-refractivity contribution in [3.8, 4) is 0 Å². The highest BCUT2D eigenvalue weighted by Gasteiger charge is 2.38. The van der Waals surface area contributed by atoms with Crippen LogP contribution in [0.5, 0.6) is 0 Å². The lowest BCUT2D eigenvalue weighted by Gasteiger charge is -2.28. The van der Waals surface area contributed by atoms with Gasteiger partial charge in [0, 0.05) is 6.04 Å². The van der Waals surface area contributed by atoms with E-state index >= 15 is 0 Å².